The third-order valence-electron chi connectivity index (χ3n) is 1.35. The fourth-order valence-electron chi connectivity index (χ4n) is 0.780. The molecule has 0 atom stereocenters. The van der Waals surface area contributed by atoms with Crippen molar-refractivity contribution in [2.45, 2.75) is 45.4 Å². The van der Waals surface area contributed by atoms with E-state index in [0.717, 1.165) is 6.42 Å². The second kappa shape index (κ2) is 22.5. The van der Waals surface area contributed by atoms with E-state index in [1.54, 1.807) is 0 Å². The Bertz CT molecular complexity index is 37.1. The zero-order valence-electron chi connectivity index (χ0n) is 7.18. The van der Waals surface area contributed by atoms with E-state index in [2.05, 4.69) is 13.8 Å². The molecule has 0 aliphatic heterocycles. The van der Waals surface area contributed by atoms with Crippen LogP contribution in [-0.4, -0.2) is 0 Å². The largest absolute Gasteiger partial charge is 3.00 e. The van der Waals surface area contributed by atoms with Crippen molar-refractivity contribution in [2.75, 3.05) is 0 Å². The van der Waals surface area contributed by atoms with Crippen LogP contribution in [0.1, 0.15) is 45.4 Å². The first-order chi connectivity index (χ1) is 3.91. The number of thiol groups is 2. The van der Waals surface area contributed by atoms with Gasteiger partial charge in [0.05, 0.1) is 0 Å². The van der Waals surface area contributed by atoms with Crippen LogP contribution in [0, 0.1) is 6.92 Å². The van der Waals surface area contributed by atoms with Gasteiger partial charge in [-0.25, -0.2) is 0 Å². The van der Waals surface area contributed by atoms with Crippen molar-refractivity contribution in [1.82, 2.24) is 0 Å². The molecule has 0 fully saturated rings. The van der Waals surface area contributed by atoms with E-state index in [1.165, 1.54) is 32.1 Å². The minimum absolute atomic E-state index is 0. The quantitative estimate of drug-likeness (QED) is 0.312. The summed E-state index contributed by atoms with van der Waals surface area (Å²) in [4.78, 5) is 0. The molecular formula is C8H19CoS2. The summed E-state index contributed by atoms with van der Waals surface area (Å²) < 4.78 is 0. The zero-order valence-corrected chi connectivity index (χ0v) is 10.0. The molecule has 0 radical (unpaired) electrons. The van der Waals surface area contributed by atoms with Gasteiger partial charge in [0, 0.05) is 0 Å². The molecule has 0 saturated carbocycles. The van der Waals surface area contributed by atoms with Crippen molar-refractivity contribution >= 4 is 27.0 Å². The van der Waals surface area contributed by atoms with Gasteiger partial charge in [0.1, 0.15) is 0 Å². The van der Waals surface area contributed by atoms with Gasteiger partial charge in [-0.15, -0.1) is 0 Å². The van der Waals surface area contributed by atoms with Gasteiger partial charge in [0.25, 0.3) is 0 Å². The maximum absolute atomic E-state index is 3.78. The van der Waals surface area contributed by atoms with Crippen molar-refractivity contribution in [3.05, 3.63) is 6.92 Å². The predicted molar refractivity (Wildman–Crippen MR) is 56.3 cm³/mol. The number of unbranched alkanes of at least 4 members (excludes halogenated alkanes) is 5. The van der Waals surface area contributed by atoms with Crippen molar-refractivity contribution < 1.29 is 16.8 Å². The van der Waals surface area contributed by atoms with Crippen molar-refractivity contribution in [3.63, 3.8) is 0 Å². The van der Waals surface area contributed by atoms with Gasteiger partial charge in [0.15, 0.2) is 0 Å². The summed E-state index contributed by atoms with van der Waals surface area (Å²) in [6.07, 6.45) is 7.98. The Kier molecular flexibility index (Phi) is 46.5. The minimum atomic E-state index is 0. The fourth-order valence-corrected chi connectivity index (χ4v) is 0.780. The Labute approximate surface area is 96.0 Å². The first kappa shape index (κ1) is 22.8. The zero-order chi connectivity index (χ0) is 6.24. The SMILES string of the molecule is [CH2-]CCCCCCC.[Co+3].[SH-].[SH-]. The molecule has 0 aromatic rings. The molecule has 11 heavy (non-hydrogen) atoms. The molecule has 0 bridgehead atoms. The van der Waals surface area contributed by atoms with Gasteiger partial charge in [-0.2, -0.15) is 6.42 Å². The molecule has 0 aliphatic rings. The van der Waals surface area contributed by atoms with Gasteiger partial charge < -0.3 is 33.9 Å². The Hall–Kier alpha value is 1.21. The van der Waals surface area contributed by atoms with Crippen LogP contribution in [0.2, 0.25) is 0 Å². The Morgan fingerprint density at radius 3 is 1.73 bits per heavy atom. The van der Waals surface area contributed by atoms with Crippen LogP contribution >= 0.6 is 0 Å². The van der Waals surface area contributed by atoms with E-state index in [9.17, 15) is 0 Å². The summed E-state index contributed by atoms with van der Waals surface area (Å²) in [5.41, 5.74) is 0. The fraction of sp³-hybridized carbons (Fsp3) is 0.875. The van der Waals surface area contributed by atoms with Crippen LogP contribution in [0.3, 0.4) is 0 Å². The van der Waals surface area contributed by atoms with Crippen LogP contribution in [0.5, 0.6) is 0 Å². The van der Waals surface area contributed by atoms with E-state index in [4.69, 9.17) is 0 Å². The predicted octanol–water partition coefficient (Wildman–Crippen LogP) is 2.64. The monoisotopic (exact) mass is 238 g/mol. The summed E-state index contributed by atoms with van der Waals surface area (Å²) in [5.74, 6) is 0. The molecule has 0 N–H and O–H groups in total. The van der Waals surface area contributed by atoms with Crippen molar-refractivity contribution in [2.24, 2.45) is 0 Å². The standard InChI is InChI=1S/C8H17.Co.2H2S/c1-3-5-7-8-6-4-2;;;/h1,3-8H2,2H3;;2*1H2/q-1;+3;;/p-2. The van der Waals surface area contributed by atoms with Gasteiger partial charge in [-0.1, -0.05) is 39.0 Å². The van der Waals surface area contributed by atoms with Crippen LogP contribution in [0.15, 0.2) is 0 Å². The van der Waals surface area contributed by atoms with Crippen LogP contribution in [0.4, 0.5) is 0 Å². The average molecular weight is 238 g/mol. The molecule has 0 heterocycles. The topological polar surface area (TPSA) is 0 Å². The van der Waals surface area contributed by atoms with E-state index >= 15 is 0 Å². The first-order valence-electron chi connectivity index (χ1n) is 3.71. The van der Waals surface area contributed by atoms with Gasteiger partial charge in [0.2, 0.25) is 0 Å². The Morgan fingerprint density at radius 1 is 0.909 bits per heavy atom. The maximum Gasteiger partial charge on any atom is 3.00 e. The molecule has 0 spiro atoms. The molecular weight excluding hydrogens is 219 g/mol. The van der Waals surface area contributed by atoms with Gasteiger partial charge in [-0.3, -0.25) is 0 Å². The van der Waals surface area contributed by atoms with E-state index in [1.807, 2.05) is 0 Å². The van der Waals surface area contributed by atoms with Crippen LogP contribution in [-0.2, 0) is 43.8 Å². The summed E-state index contributed by atoms with van der Waals surface area (Å²) in [6, 6.07) is 0. The molecule has 0 saturated heterocycles. The summed E-state index contributed by atoms with van der Waals surface area (Å²) >= 11 is 0. The molecule has 0 amide bonds. The molecule has 0 nitrogen and oxygen atoms in total. The molecule has 0 aromatic carbocycles. The van der Waals surface area contributed by atoms with Crippen molar-refractivity contribution in [1.29, 1.82) is 0 Å². The van der Waals surface area contributed by atoms with Crippen LogP contribution < -0.4 is 0 Å². The third kappa shape index (κ3) is 24.7. The summed E-state index contributed by atoms with van der Waals surface area (Å²) in [7, 11) is 0. The molecule has 0 aromatic heterocycles. The van der Waals surface area contributed by atoms with E-state index < -0.39 is 0 Å². The average Bonchev–Trinajstić information content (AvgIpc) is 1.81. The van der Waals surface area contributed by atoms with Gasteiger partial charge >= 0.3 is 16.8 Å². The molecule has 0 rings (SSSR count). The number of hydrogen-bond acceptors (Lipinski definition) is 2. The molecule has 0 unspecified atom stereocenters. The van der Waals surface area contributed by atoms with Gasteiger partial charge in [-0.05, 0) is 0 Å². The second-order valence-electron chi connectivity index (χ2n) is 2.27. The second-order valence-corrected chi connectivity index (χ2v) is 2.27. The number of hydrogen-bond donors (Lipinski definition) is 0. The maximum atomic E-state index is 3.78. The molecule has 72 valence electrons. The summed E-state index contributed by atoms with van der Waals surface area (Å²) in [5, 5.41) is 0. The van der Waals surface area contributed by atoms with E-state index in [0.29, 0.717) is 0 Å². The minimum Gasteiger partial charge on any atom is -0.813 e. The normalized spacial score (nSPS) is 7.09. The Morgan fingerprint density at radius 2 is 1.36 bits per heavy atom. The first-order valence-corrected chi connectivity index (χ1v) is 3.71. The number of rotatable bonds is 5. The van der Waals surface area contributed by atoms with Crippen LogP contribution in [0.25, 0.3) is 0 Å². The van der Waals surface area contributed by atoms with E-state index in [-0.39, 0.29) is 43.8 Å². The molecule has 3 heteroatoms. The summed E-state index contributed by atoms with van der Waals surface area (Å²) in [6.45, 7) is 6.02. The third-order valence-corrected chi connectivity index (χ3v) is 1.35. The van der Waals surface area contributed by atoms with Crippen molar-refractivity contribution in [3.8, 4) is 0 Å². The molecule has 0 aliphatic carbocycles. The smallest absolute Gasteiger partial charge is 0.813 e. The Balaban J connectivity index is -0.0000000817.